The number of hydrogen-bond donors (Lipinski definition) is 0. The van der Waals surface area contributed by atoms with Crippen LogP contribution in [0.3, 0.4) is 0 Å². The fourth-order valence-electron chi connectivity index (χ4n) is 2.03. The topological polar surface area (TPSA) is 26.3 Å². The molecule has 0 N–H and O–H groups in total. The lowest BCUT2D eigenvalue weighted by Crippen LogP contribution is -2.24. The minimum atomic E-state index is -0.636. The Morgan fingerprint density at radius 1 is 1.19 bits per heavy atom. The highest BCUT2D eigenvalue weighted by molar-refractivity contribution is 9.10. The van der Waals surface area contributed by atoms with Crippen LogP contribution in [-0.4, -0.2) is 11.9 Å². The van der Waals surface area contributed by atoms with E-state index in [4.69, 9.17) is 4.74 Å². The average Bonchev–Trinajstić information content (AvgIpc) is 2.44. The molecule has 0 aliphatic carbocycles. The number of Topliss-reactive ketones (excluding diaryl/α,β-unsaturated/α-hetero) is 1. The number of benzene rings is 2. The largest absolute Gasteiger partial charge is 0.483 e. The second-order valence-corrected chi connectivity index (χ2v) is 5.87. The van der Waals surface area contributed by atoms with E-state index in [-0.39, 0.29) is 11.6 Å². The monoisotopic (exact) mass is 350 g/mol. The fraction of sp³-hybridized carbons (Fsp3) is 0.235. The molecule has 110 valence electrons. The lowest BCUT2D eigenvalue weighted by Gasteiger charge is -2.15. The van der Waals surface area contributed by atoms with Gasteiger partial charge in [-0.25, -0.2) is 4.39 Å². The van der Waals surface area contributed by atoms with Gasteiger partial charge in [-0.05, 0) is 66.5 Å². The molecule has 0 amide bonds. The zero-order valence-corrected chi connectivity index (χ0v) is 13.7. The van der Waals surface area contributed by atoms with E-state index in [1.54, 1.807) is 6.92 Å². The lowest BCUT2D eigenvalue weighted by molar-refractivity contribution is 0.0817. The molecule has 0 heterocycles. The highest BCUT2D eigenvalue weighted by Gasteiger charge is 2.19. The number of ketones is 1. The van der Waals surface area contributed by atoms with Crippen LogP contribution in [0.25, 0.3) is 0 Å². The van der Waals surface area contributed by atoms with E-state index in [9.17, 15) is 9.18 Å². The van der Waals surface area contributed by atoms with Gasteiger partial charge in [0.1, 0.15) is 11.6 Å². The molecule has 0 radical (unpaired) electrons. The third-order valence-electron chi connectivity index (χ3n) is 3.23. The maximum Gasteiger partial charge on any atom is 0.203 e. The summed E-state index contributed by atoms with van der Waals surface area (Å²) in [7, 11) is 0. The predicted octanol–water partition coefficient (Wildman–Crippen LogP) is 4.86. The van der Waals surface area contributed by atoms with Crippen LogP contribution in [0.15, 0.2) is 40.9 Å². The Bertz CT molecular complexity index is 682. The third kappa shape index (κ3) is 3.70. The minimum absolute atomic E-state index is 0.0864. The molecule has 2 rings (SSSR count). The summed E-state index contributed by atoms with van der Waals surface area (Å²) in [5.74, 6) is 0.00179. The van der Waals surface area contributed by atoms with Crippen molar-refractivity contribution in [2.75, 3.05) is 0 Å². The van der Waals surface area contributed by atoms with E-state index in [1.807, 2.05) is 32.0 Å². The first kappa shape index (κ1) is 15.7. The summed E-state index contributed by atoms with van der Waals surface area (Å²) in [6, 6.07) is 10.1. The van der Waals surface area contributed by atoms with E-state index in [2.05, 4.69) is 15.9 Å². The van der Waals surface area contributed by atoms with Gasteiger partial charge in [0.2, 0.25) is 5.78 Å². The smallest absolute Gasteiger partial charge is 0.203 e. The molecule has 1 unspecified atom stereocenters. The summed E-state index contributed by atoms with van der Waals surface area (Å²) < 4.78 is 19.1. The van der Waals surface area contributed by atoms with Crippen LogP contribution in [0.4, 0.5) is 4.39 Å². The molecule has 0 bridgehead atoms. The van der Waals surface area contributed by atoms with Crippen LogP contribution >= 0.6 is 15.9 Å². The van der Waals surface area contributed by atoms with Crippen molar-refractivity contribution in [1.82, 2.24) is 0 Å². The van der Waals surface area contributed by atoms with Crippen LogP contribution in [0.5, 0.6) is 5.75 Å². The van der Waals surface area contributed by atoms with Crippen molar-refractivity contribution in [3.8, 4) is 5.75 Å². The summed E-state index contributed by atoms with van der Waals surface area (Å²) in [5, 5.41) is 0. The first-order valence-electron chi connectivity index (χ1n) is 6.61. The van der Waals surface area contributed by atoms with Crippen LogP contribution in [0.1, 0.15) is 28.4 Å². The number of ether oxygens (including phenoxy) is 1. The predicted molar refractivity (Wildman–Crippen MR) is 84.4 cm³/mol. The molecule has 0 saturated heterocycles. The molecule has 21 heavy (non-hydrogen) atoms. The molecule has 0 saturated carbocycles. The van der Waals surface area contributed by atoms with Crippen molar-refractivity contribution in [1.29, 1.82) is 0 Å². The number of carbonyl (C=O) groups is 1. The van der Waals surface area contributed by atoms with Gasteiger partial charge >= 0.3 is 0 Å². The minimum Gasteiger partial charge on any atom is -0.483 e. The maximum absolute atomic E-state index is 13.2. The van der Waals surface area contributed by atoms with Gasteiger partial charge in [0.15, 0.2) is 6.10 Å². The van der Waals surface area contributed by atoms with E-state index in [0.717, 1.165) is 11.1 Å². The Morgan fingerprint density at radius 2 is 1.90 bits per heavy atom. The second-order valence-electron chi connectivity index (χ2n) is 5.02. The van der Waals surface area contributed by atoms with E-state index in [0.29, 0.717) is 15.8 Å². The first-order chi connectivity index (χ1) is 9.88. The van der Waals surface area contributed by atoms with Gasteiger partial charge in [-0.3, -0.25) is 4.79 Å². The third-order valence-corrected chi connectivity index (χ3v) is 3.84. The zero-order chi connectivity index (χ0) is 15.6. The molecule has 1 atom stereocenters. The van der Waals surface area contributed by atoms with E-state index < -0.39 is 6.10 Å². The second kappa shape index (κ2) is 6.39. The van der Waals surface area contributed by atoms with Crippen molar-refractivity contribution >= 4 is 21.7 Å². The number of halogens is 2. The molecule has 0 aromatic heterocycles. The average molecular weight is 351 g/mol. The SMILES string of the molecule is Cc1ccc(C)c(C(=O)C(C)Oc2ccc(F)c(Br)c2)c1. The molecular weight excluding hydrogens is 335 g/mol. The summed E-state index contributed by atoms with van der Waals surface area (Å²) in [5.41, 5.74) is 2.60. The lowest BCUT2D eigenvalue weighted by atomic mass is 9.99. The van der Waals surface area contributed by atoms with Crippen LogP contribution < -0.4 is 4.74 Å². The van der Waals surface area contributed by atoms with Gasteiger partial charge in [-0.2, -0.15) is 0 Å². The zero-order valence-electron chi connectivity index (χ0n) is 12.1. The normalized spacial score (nSPS) is 12.0. The Morgan fingerprint density at radius 3 is 2.57 bits per heavy atom. The molecule has 4 heteroatoms. The summed E-state index contributed by atoms with van der Waals surface area (Å²) in [4.78, 5) is 12.5. The van der Waals surface area contributed by atoms with Gasteiger partial charge in [0.05, 0.1) is 4.47 Å². The Labute approximate surface area is 132 Å². The number of rotatable bonds is 4. The summed E-state index contributed by atoms with van der Waals surface area (Å²) in [6.45, 7) is 5.54. The number of hydrogen-bond acceptors (Lipinski definition) is 2. The quantitative estimate of drug-likeness (QED) is 0.736. The number of aryl methyl sites for hydroxylation is 2. The fourth-order valence-corrected chi connectivity index (χ4v) is 2.39. The van der Waals surface area contributed by atoms with Gasteiger partial charge in [0, 0.05) is 5.56 Å². The first-order valence-corrected chi connectivity index (χ1v) is 7.41. The molecule has 2 aromatic rings. The molecular formula is C17H16BrFO2. The molecule has 0 spiro atoms. The Hall–Kier alpha value is -1.68. The summed E-state index contributed by atoms with van der Waals surface area (Å²) >= 11 is 3.10. The van der Waals surface area contributed by atoms with Gasteiger partial charge in [0.25, 0.3) is 0 Å². The van der Waals surface area contributed by atoms with Crippen LogP contribution in [0, 0.1) is 19.7 Å². The highest BCUT2D eigenvalue weighted by atomic mass is 79.9. The van der Waals surface area contributed by atoms with E-state index >= 15 is 0 Å². The Kier molecular flexibility index (Phi) is 4.78. The van der Waals surface area contributed by atoms with Gasteiger partial charge in [-0.1, -0.05) is 17.7 Å². The molecule has 2 nitrogen and oxygen atoms in total. The van der Waals surface area contributed by atoms with Crippen molar-refractivity contribution in [3.05, 3.63) is 63.4 Å². The molecule has 0 aliphatic rings. The van der Waals surface area contributed by atoms with Gasteiger partial charge < -0.3 is 4.74 Å². The standard InChI is InChI=1S/C17H16BrFO2/c1-10-4-5-11(2)14(8-10)17(20)12(3)21-13-6-7-16(19)15(18)9-13/h4-9,12H,1-3H3. The van der Waals surface area contributed by atoms with Crippen LogP contribution in [0.2, 0.25) is 0 Å². The van der Waals surface area contributed by atoms with Crippen molar-refractivity contribution in [2.24, 2.45) is 0 Å². The highest BCUT2D eigenvalue weighted by Crippen LogP contribution is 2.23. The van der Waals surface area contributed by atoms with Gasteiger partial charge in [-0.15, -0.1) is 0 Å². The van der Waals surface area contributed by atoms with Crippen LogP contribution in [-0.2, 0) is 0 Å². The van der Waals surface area contributed by atoms with Crippen molar-refractivity contribution in [3.63, 3.8) is 0 Å². The number of carbonyl (C=O) groups excluding carboxylic acids is 1. The van der Waals surface area contributed by atoms with Crippen molar-refractivity contribution in [2.45, 2.75) is 26.9 Å². The molecule has 0 aliphatic heterocycles. The molecule has 0 fully saturated rings. The Balaban J connectivity index is 2.19. The molecule has 2 aromatic carbocycles. The maximum atomic E-state index is 13.2. The van der Waals surface area contributed by atoms with Crippen molar-refractivity contribution < 1.29 is 13.9 Å². The van der Waals surface area contributed by atoms with E-state index in [1.165, 1.54) is 18.2 Å². The summed E-state index contributed by atoms with van der Waals surface area (Å²) in [6.07, 6.45) is -0.636.